The molecule has 0 N–H and O–H groups in total. The van der Waals surface area contributed by atoms with Gasteiger partial charge in [0.05, 0.1) is 5.69 Å². The second-order valence-corrected chi connectivity index (χ2v) is 8.16. The highest BCUT2D eigenvalue weighted by Crippen LogP contribution is 2.23. The van der Waals surface area contributed by atoms with Crippen LogP contribution in [0.1, 0.15) is 56.9 Å². The van der Waals surface area contributed by atoms with Gasteiger partial charge in [0, 0.05) is 31.4 Å². The number of piperidine rings is 1. The molecule has 1 aliphatic rings. The Bertz CT molecular complexity index is 734. The fourth-order valence-electron chi connectivity index (χ4n) is 3.40. The van der Waals surface area contributed by atoms with E-state index >= 15 is 0 Å². The van der Waals surface area contributed by atoms with E-state index in [1.165, 1.54) is 11.1 Å². The molecule has 0 radical (unpaired) electrons. The third kappa shape index (κ3) is 4.14. The van der Waals surface area contributed by atoms with Gasteiger partial charge in [0.2, 0.25) is 0 Å². The number of carbonyl (C=O) groups excluding carboxylic acids is 1. The van der Waals surface area contributed by atoms with Gasteiger partial charge in [-0.1, -0.05) is 0 Å². The summed E-state index contributed by atoms with van der Waals surface area (Å²) in [5, 5.41) is 0. The summed E-state index contributed by atoms with van der Waals surface area (Å²) in [5.74, 6) is 0. The first-order valence-electron chi connectivity index (χ1n) is 9.17. The van der Waals surface area contributed by atoms with Gasteiger partial charge in [0.15, 0.2) is 0 Å². The third-order valence-electron chi connectivity index (χ3n) is 4.81. The van der Waals surface area contributed by atoms with Gasteiger partial charge >= 0.3 is 6.09 Å². The van der Waals surface area contributed by atoms with Crippen LogP contribution in [0, 0.1) is 13.8 Å². The van der Waals surface area contributed by atoms with Gasteiger partial charge in [-0.25, -0.2) is 9.78 Å². The number of amides is 1. The average molecular weight is 343 g/mol. The average Bonchev–Trinajstić information content (AvgIpc) is 2.87. The number of imidazole rings is 1. The van der Waals surface area contributed by atoms with E-state index in [0.717, 1.165) is 43.6 Å². The van der Waals surface area contributed by atoms with Crippen molar-refractivity contribution in [3.63, 3.8) is 0 Å². The first kappa shape index (κ1) is 17.8. The number of ether oxygens (including phenoxy) is 1. The maximum absolute atomic E-state index is 12.6. The molecule has 0 aliphatic carbocycles. The Morgan fingerprint density at radius 1 is 1.24 bits per heavy atom. The molecule has 136 valence electrons. The molecular weight excluding hydrogens is 314 g/mol. The van der Waals surface area contributed by atoms with Crippen molar-refractivity contribution in [3.8, 4) is 0 Å². The van der Waals surface area contributed by atoms with E-state index < -0.39 is 5.60 Å². The quantitative estimate of drug-likeness (QED) is 0.817. The molecule has 0 unspecified atom stereocenters. The van der Waals surface area contributed by atoms with Crippen LogP contribution < -0.4 is 0 Å². The Kier molecular flexibility index (Phi) is 4.76. The highest BCUT2D eigenvalue weighted by Gasteiger charge is 2.31. The maximum atomic E-state index is 12.6. The van der Waals surface area contributed by atoms with Crippen LogP contribution in [0.25, 0.3) is 5.65 Å². The second kappa shape index (κ2) is 6.70. The predicted octanol–water partition coefficient (Wildman–Crippen LogP) is 4.28. The molecule has 2 aromatic heterocycles. The zero-order valence-corrected chi connectivity index (χ0v) is 16.0. The molecule has 0 aromatic carbocycles. The number of aromatic nitrogens is 2. The van der Waals surface area contributed by atoms with Gasteiger partial charge < -0.3 is 14.0 Å². The van der Waals surface area contributed by atoms with Crippen LogP contribution in [0.4, 0.5) is 4.79 Å². The number of fused-ring (bicyclic) bond motifs is 1. The van der Waals surface area contributed by atoms with Crippen LogP contribution in [-0.2, 0) is 11.2 Å². The topological polar surface area (TPSA) is 46.8 Å². The highest BCUT2D eigenvalue weighted by molar-refractivity contribution is 5.68. The molecule has 3 heterocycles. The van der Waals surface area contributed by atoms with Crippen molar-refractivity contribution in [3.05, 3.63) is 35.3 Å². The predicted molar refractivity (Wildman–Crippen MR) is 98.9 cm³/mol. The van der Waals surface area contributed by atoms with Crippen molar-refractivity contribution in [2.75, 3.05) is 6.54 Å². The fraction of sp³-hybridized carbons (Fsp3) is 0.600. The third-order valence-corrected chi connectivity index (χ3v) is 4.81. The standard InChI is InChI=1S/C20H29N3O2/c1-14-10-18-21-16(13-22(18)12-15(14)2)11-17-8-6-7-9-23(17)19(24)25-20(3,4)5/h10,12-13,17H,6-9,11H2,1-5H3/t17-/m0/s1. The van der Waals surface area contributed by atoms with E-state index in [-0.39, 0.29) is 12.1 Å². The molecule has 1 atom stereocenters. The molecular formula is C20H29N3O2. The minimum Gasteiger partial charge on any atom is -0.444 e. The minimum absolute atomic E-state index is 0.163. The lowest BCUT2D eigenvalue weighted by Gasteiger charge is -2.36. The van der Waals surface area contributed by atoms with Crippen LogP contribution >= 0.6 is 0 Å². The van der Waals surface area contributed by atoms with Crippen molar-refractivity contribution in [2.24, 2.45) is 0 Å². The summed E-state index contributed by atoms with van der Waals surface area (Å²) in [5.41, 5.74) is 4.04. The zero-order chi connectivity index (χ0) is 18.2. The molecule has 5 heteroatoms. The molecule has 0 bridgehead atoms. The lowest BCUT2D eigenvalue weighted by atomic mass is 9.98. The largest absolute Gasteiger partial charge is 0.444 e. The lowest BCUT2D eigenvalue weighted by Crippen LogP contribution is -2.47. The van der Waals surface area contributed by atoms with E-state index in [2.05, 4.69) is 36.7 Å². The Hall–Kier alpha value is -2.04. The van der Waals surface area contributed by atoms with E-state index in [4.69, 9.17) is 9.72 Å². The Balaban J connectivity index is 1.78. The van der Waals surface area contributed by atoms with Crippen molar-refractivity contribution >= 4 is 11.7 Å². The second-order valence-electron chi connectivity index (χ2n) is 8.16. The Morgan fingerprint density at radius 3 is 2.72 bits per heavy atom. The number of hydrogen-bond acceptors (Lipinski definition) is 3. The smallest absolute Gasteiger partial charge is 0.410 e. The SMILES string of the molecule is Cc1cc2nc(C[C@@H]3CCCCN3C(=O)OC(C)(C)C)cn2cc1C. The number of nitrogens with zero attached hydrogens (tertiary/aromatic N) is 3. The van der Waals surface area contributed by atoms with Crippen molar-refractivity contribution in [1.29, 1.82) is 0 Å². The summed E-state index contributed by atoms with van der Waals surface area (Å²) in [6, 6.07) is 2.28. The van der Waals surface area contributed by atoms with Gasteiger partial charge in [-0.3, -0.25) is 0 Å². The van der Waals surface area contributed by atoms with Gasteiger partial charge in [0.1, 0.15) is 11.2 Å². The monoisotopic (exact) mass is 343 g/mol. The summed E-state index contributed by atoms with van der Waals surface area (Å²) in [6.07, 6.45) is 7.98. The van der Waals surface area contributed by atoms with E-state index in [9.17, 15) is 4.79 Å². The van der Waals surface area contributed by atoms with E-state index in [1.54, 1.807) is 0 Å². The molecule has 25 heavy (non-hydrogen) atoms. The number of hydrogen-bond donors (Lipinski definition) is 0. The summed E-state index contributed by atoms with van der Waals surface area (Å²) < 4.78 is 7.68. The summed E-state index contributed by atoms with van der Waals surface area (Å²) >= 11 is 0. The first-order chi connectivity index (χ1) is 11.7. The van der Waals surface area contributed by atoms with E-state index in [0.29, 0.717) is 0 Å². The van der Waals surface area contributed by atoms with Crippen LogP contribution in [-0.4, -0.2) is 38.6 Å². The molecule has 1 aliphatic heterocycles. The molecule has 0 saturated carbocycles. The van der Waals surface area contributed by atoms with Gasteiger partial charge in [0.25, 0.3) is 0 Å². The van der Waals surface area contributed by atoms with Crippen LogP contribution in [0.15, 0.2) is 18.5 Å². The van der Waals surface area contributed by atoms with Gasteiger partial charge in [-0.15, -0.1) is 0 Å². The normalized spacial score (nSPS) is 18.6. The van der Waals surface area contributed by atoms with E-state index in [1.807, 2.05) is 25.7 Å². The molecule has 0 spiro atoms. The molecule has 5 nitrogen and oxygen atoms in total. The van der Waals surface area contributed by atoms with Crippen LogP contribution in [0.5, 0.6) is 0 Å². The highest BCUT2D eigenvalue weighted by atomic mass is 16.6. The Labute approximate surface area is 150 Å². The number of carbonyl (C=O) groups is 1. The summed E-state index contributed by atoms with van der Waals surface area (Å²) in [4.78, 5) is 19.2. The molecule has 3 rings (SSSR count). The number of likely N-dealkylation sites (tertiary alicyclic amines) is 1. The molecule has 1 amide bonds. The van der Waals surface area contributed by atoms with Crippen LogP contribution in [0.3, 0.4) is 0 Å². The number of aryl methyl sites for hydroxylation is 2. The minimum atomic E-state index is -0.461. The molecule has 1 saturated heterocycles. The van der Waals surface area contributed by atoms with Gasteiger partial charge in [-0.2, -0.15) is 0 Å². The summed E-state index contributed by atoms with van der Waals surface area (Å²) in [6.45, 7) is 10.7. The fourth-order valence-corrected chi connectivity index (χ4v) is 3.40. The van der Waals surface area contributed by atoms with Gasteiger partial charge in [-0.05, 0) is 71.1 Å². The first-order valence-corrected chi connectivity index (χ1v) is 9.17. The lowest BCUT2D eigenvalue weighted by molar-refractivity contribution is 0.00986. The Morgan fingerprint density at radius 2 is 2.00 bits per heavy atom. The molecule has 1 fully saturated rings. The van der Waals surface area contributed by atoms with Crippen molar-refractivity contribution in [2.45, 2.75) is 71.9 Å². The summed E-state index contributed by atoms with van der Waals surface area (Å²) in [7, 11) is 0. The van der Waals surface area contributed by atoms with Crippen LogP contribution in [0.2, 0.25) is 0 Å². The molecule has 2 aromatic rings. The number of rotatable bonds is 2. The zero-order valence-electron chi connectivity index (χ0n) is 16.0. The van der Waals surface area contributed by atoms with Crippen molar-refractivity contribution < 1.29 is 9.53 Å². The maximum Gasteiger partial charge on any atom is 0.410 e. The van der Waals surface area contributed by atoms with Crippen molar-refractivity contribution in [1.82, 2.24) is 14.3 Å². The number of pyridine rings is 1.